The van der Waals surface area contributed by atoms with E-state index >= 15 is 0 Å². The molecule has 1 aliphatic rings. The molecule has 4 aromatic rings. The summed E-state index contributed by atoms with van der Waals surface area (Å²) in [5, 5.41) is 5.77. The average molecular weight is 510 g/mol. The van der Waals surface area contributed by atoms with Gasteiger partial charge in [-0.1, -0.05) is 18.5 Å². The van der Waals surface area contributed by atoms with Crippen LogP contribution in [0, 0.1) is 18.7 Å². The van der Waals surface area contributed by atoms with Crippen molar-refractivity contribution in [3.63, 3.8) is 0 Å². The predicted octanol–water partition coefficient (Wildman–Crippen LogP) is 5.90. The van der Waals surface area contributed by atoms with Crippen LogP contribution in [0.1, 0.15) is 61.4 Å². The summed E-state index contributed by atoms with van der Waals surface area (Å²) in [6.07, 6.45) is 9.12. The van der Waals surface area contributed by atoms with E-state index in [1.807, 2.05) is 30.9 Å². The van der Waals surface area contributed by atoms with Gasteiger partial charge in [-0.05, 0) is 56.4 Å². The van der Waals surface area contributed by atoms with Crippen molar-refractivity contribution in [2.75, 3.05) is 7.11 Å². The van der Waals surface area contributed by atoms with E-state index in [2.05, 4.69) is 22.2 Å². The van der Waals surface area contributed by atoms with Gasteiger partial charge in [0.2, 0.25) is 5.91 Å². The first-order valence-electron chi connectivity index (χ1n) is 12.1. The normalized spacial score (nSPS) is 18.9. The SMILES string of the molecule is COc1ccc(F)c(Cl)c1[C@@H](C)c1c[nH]c2ncc(-c3cn([C@H]4CC[C@H](C(N)=O)CC4)nc3C)cc12. The fourth-order valence-electron chi connectivity index (χ4n) is 5.39. The summed E-state index contributed by atoms with van der Waals surface area (Å²) in [6, 6.07) is 5.24. The lowest BCUT2D eigenvalue weighted by atomic mass is 9.86. The number of ether oxygens (including phenoxy) is 1. The van der Waals surface area contributed by atoms with Gasteiger partial charge in [0, 0.05) is 52.5 Å². The zero-order valence-electron chi connectivity index (χ0n) is 20.5. The molecular weight excluding hydrogens is 481 g/mol. The van der Waals surface area contributed by atoms with Gasteiger partial charge in [0.15, 0.2) is 0 Å². The second-order valence-corrected chi connectivity index (χ2v) is 9.96. The minimum atomic E-state index is -0.481. The van der Waals surface area contributed by atoms with Crippen molar-refractivity contribution < 1.29 is 13.9 Å². The Morgan fingerprint density at radius 1 is 1.31 bits per heavy atom. The van der Waals surface area contributed by atoms with Crippen LogP contribution in [0.2, 0.25) is 5.02 Å². The molecular formula is C27H29ClFN5O2. The number of benzene rings is 1. The first kappa shape index (κ1) is 24.3. The summed E-state index contributed by atoms with van der Waals surface area (Å²) >= 11 is 6.37. The third-order valence-corrected chi connectivity index (χ3v) is 7.86. The minimum absolute atomic E-state index is 0.0387. The van der Waals surface area contributed by atoms with Gasteiger partial charge in [-0.3, -0.25) is 9.48 Å². The number of pyridine rings is 1. The minimum Gasteiger partial charge on any atom is -0.496 e. The molecule has 1 amide bonds. The first-order chi connectivity index (χ1) is 17.3. The molecule has 1 aromatic carbocycles. The monoisotopic (exact) mass is 509 g/mol. The van der Waals surface area contributed by atoms with Crippen molar-refractivity contribution in [3.8, 4) is 16.9 Å². The van der Waals surface area contributed by atoms with Gasteiger partial charge < -0.3 is 15.5 Å². The van der Waals surface area contributed by atoms with E-state index in [1.54, 1.807) is 13.2 Å². The van der Waals surface area contributed by atoms with E-state index in [4.69, 9.17) is 27.2 Å². The highest BCUT2D eigenvalue weighted by molar-refractivity contribution is 6.31. The van der Waals surface area contributed by atoms with Crippen LogP contribution in [0.15, 0.2) is 36.8 Å². The van der Waals surface area contributed by atoms with Crippen LogP contribution in [-0.4, -0.2) is 32.8 Å². The quantitative estimate of drug-likeness (QED) is 0.338. The number of methoxy groups -OCH3 is 1. The van der Waals surface area contributed by atoms with Crippen LogP contribution in [-0.2, 0) is 4.79 Å². The molecule has 36 heavy (non-hydrogen) atoms. The molecule has 3 N–H and O–H groups in total. The maximum atomic E-state index is 14.3. The van der Waals surface area contributed by atoms with E-state index in [0.29, 0.717) is 11.3 Å². The number of primary amides is 1. The number of aromatic nitrogens is 4. The fourth-order valence-corrected chi connectivity index (χ4v) is 5.71. The van der Waals surface area contributed by atoms with Crippen molar-refractivity contribution in [1.82, 2.24) is 19.7 Å². The number of nitrogens with two attached hydrogens (primary N) is 1. The Morgan fingerprint density at radius 3 is 2.75 bits per heavy atom. The zero-order valence-corrected chi connectivity index (χ0v) is 21.3. The number of H-pyrrole nitrogens is 1. The van der Waals surface area contributed by atoms with Gasteiger partial charge in [0.25, 0.3) is 0 Å². The lowest BCUT2D eigenvalue weighted by molar-refractivity contribution is -0.122. The van der Waals surface area contributed by atoms with Crippen molar-refractivity contribution in [2.24, 2.45) is 11.7 Å². The molecule has 0 aliphatic heterocycles. The van der Waals surface area contributed by atoms with Gasteiger partial charge in [-0.2, -0.15) is 5.10 Å². The van der Waals surface area contributed by atoms with Crippen molar-refractivity contribution in [2.45, 2.75) is 51.5 Å². The molecule has 5 rings (SSSR count). The molecule has 0 bridgehead atoms. The van der Waals surface area contributed by atoms with E-state index in [0.717, 1.165) is 59.1 Å². The highest BCUT2D eigenvalue weighted by Gasteiger charge is 2.27. The van der Waals surface area contributed by atoms with Crippen molar-refractivity contribution >= 4 is 28.5 Å². The number of aryl methyl sites for hydroxylation is 1. The topological polar surface area (TPSA) is 98.8 Å². The van der Waals surface area contributed by atoms with Gasteiger partial charge in [0.1, 0.15) is 17.2 Å². The van der Waals surface area contributed by atoms with Crippen LogP contribution >= 0.6 is 11.6 Å². The van der Waals surface area contributed by atoms with E-state index in [9.17, 15) is 9.18 Å². The molecule has 188 valence electrons. The highest BCUT2D eigenvalue weighted by Crippen LogP contribution is 2.41. The molecule has 0 unspecified atom stereocenters. The Kier molecular flexibility index (Phi) is 6.47. The van der Waals surface area contributed by atoms with Gasteiger partial charge in [-0.15, -0.1) is 0 Å². The van der Waals surface area contributed by atoms with Crippen molar-refractivity contribution in [3.05, 3.63) is 64.5 Å². The summed E-state index contributed by atoms with van der Waals surface area (Å²) in [6.45, 7) is 3.97. The molecule has 1 atom stereocenters. The molecule has 7 nitrogen and oxygen atoms in total. The number of fused-ring (bicyclic) bond motifs is 1. The number of nitrogens with one attached hydrogen (secondary N) is 1. The number of halogens is 2. The molecule has 3 heterocycles. The van der Waals surface area contributed by atoms with Crippen LogP contribution in [0.5, 0.6) is 5.75 Å². The number of nitrogens with zero attached hydrogens (tertiary/aromatic N) is 3. The average Bonchev–Trinajstić information content (AvgIpc) is 3.48. The second-order valence-electron chi connectivity index (χ2n) is 9.58. The number of carbonyl (C=O) groups is 1. The Morgan fingerprint density at radius 2 is 2.06 bits per heavy atom. The van der Waals surface area contributed by atoms with Gasteiger partial charge >= 0.3 is 0 Å². The van der Waals surface area contributed by atoms with E-state index in [1.165, 1.54) is 6.07 Å². The lowest BCUT2D eigenvalue weighted by Gasteiger charge is -2.26. The van der Waals surface area contributed by atoms with Crippen LogP contribution in [0.4, 0.5) is 4.39 Å². The Labute approximate surface area is 213 Å². The summed E-state index contributed by atoms with van der Waals surface area (Å²) < 4.78 is 21.8. The van der Waals surface area contributed by atoms with Crippen LogP contribution in [0.3, 0.4) is 0 Å². The largest absolute Gasteiger partial charge is 0.496 e. The fraction of sp³-hybridized carbons (Fsp3) is 0.370. The Hall–Kier alpha value is -3.39. The third kappa shape index (κ3) is 4.23. The number of rotatable bonds is 6. The Balaban J connectivity index is 1.49. The van der Waals surface area contributed by atoms with Crippen LogP contribution < -0.4 is 10.5 Å². The van der Waals surface area contributed by atoms with E-state index < -0.39 is 5.82 Å². The number of hydrogen-bond donors (Lipinski definition) is 2. The van der Waals surface area contributed by atoms with Gasteiger partial charge in [-0.25, -0.2) is 9.37 Å². The molecule has 1 saturated carbocycles. The zero-order chi connectivity index (χ0) is 25.6. The molecule has 1 aliphatic carbocycles. The van der Waals surface area contributed by atoms with Gasteiger partial charge in [0.05, 0.1) is 23.9 Å². The summed E-state index contributed by atoms with van der Waals surface area (Å²) in [5.74, 6) is -0.429. The third-order valence-electron chi connectivity index (χ3n) is 7.48. The molecule has 0 saturated heterocycles. The molecule has 1 fully saturated rings. The van der Waals surface area contributed by atoms with Crippen LogP contribution in [0.25, 0.3) is 22.2 Å². The summed E-state index contributed by atoms with van der Waals surface area (Å²) in [4.78, 5) is 19.4. The second kappa shape index (κ2) is 9.58. The number of hydrogen-bond acceptors (Lipinski definition) is 4. The smallest absolute Gasteiger partial charge is 0.220 e. The molecule has 9 heteroatoms. The highest BCUT2D eigenvalue weighted by atomic mass is 35.5. The molecule has 3 aromatic heterocycles. The number of carbonyl (C=O) groups excluding carboxylic acids is 1. The van der Waals surface area contributed by atoms with E-state index in [-0.39, 0.29) is 28.8 Å². The Bertz CT molecular complexity index is 1440. The van der Waals surface area contributed by atoms with Crippen molar-refractivity contribution in [1.29, 1.82) is 0 Å². The summed E-state index contributed by atoms with van der Waals surface area (Å²) in [7, 11) is 1.55. The molecule has 0 radical (unpaired) electrons. The standard InChI is InChI=1S/C27H29ClFN5O2/c1-14(24-23(36-3)9-8-22(29)25(24)28)20-12-32-27-19(20)10-17(11-31-27)21-13-34(33-15(21)2)18-6-4-16(5-7-18)26(30)35/h8-14,16,18H,4-7H2,1-3H3,(H2,30,35)(H,31,32)/t14-,16-,18-/m0/s1. The maximum absolute atomic E-state index is 14.3. The molecule has 0 spiro atoms. The lowest BCUT2D eigenvalue weighted by Crippen LogP contribution is -2.28. The number of amides is 1. The maximum Gasteiger partial charge on any atom is 0.220 e. The number of aromatic amines is 1. The predicted molar refractivity (Wildman–Crippen MR) is 138 cm³/mol. The first-order valence-corrected chi connectivity index (χ1v) is 12.5. The summed E-state index contributed by atoms with van der Waals surface area (Å²) in [5.41, 5.74) is 10.6.